The molecule has 0 atom stereocenters. The Hall–Kier alpha value is -3.04. The first-order chi connectivity index (χ1) is 17.6. The van der Waals surface area contributed by atoms with Gasteiger partial charge in [-0.2, -0.15) is 5.26 Å². The molecule has 36 heavy (non-hydrogen) atoms. The molecule has 3 aliphatic rings. The fourth-order valence-electron chi connectivity index (χ4n) is 6.50. The van der Waals surface area contributed by atoms with Gasteiger partial charge in [0, 0.05) is 31.6 Å². The summed E-state index contributed by atoms with van der Waals surface area (Å²) in [5, 5.41) is 12.5. The van der Waals surface area contributed by atoms with Crippen molar-refractivity contribution in [3.8, 4) is 11.8 Å². The minimum absolute atomic E-state index is 0.00203. The highest BCUT2D eigenvalue weighted by atomic mass is 16.5. The van der Waals surface area contributed by atoms with Gasteiger partial charge in [0.05, 0.1) is 25.3 Å². The van der Waals surface area contributed by atoms with Gasteiger partial charge in [-0.1, -0.05) is 48.9 Å². The zero-order chi connectivity index (χ0) is 25.0. The van der Waals surface area contributed by atoms with E-state index >= 15 is 0 Å². The number of rotatable bonds is 9. The van der Waals surface area contributed by atoms with Crippen LogP contribution in [0.25, 0.3) is 0 Å². The van der Waals surface area contributed by atoms with E-state index in [0.717, 1.165) is 56.6 Å². The predicted octanol–water partition coefficient (Wildman–Crippen LogP) is 5.10. The summed E-state index contributed by atoms with van der Waals surface area (Å²) in [6.45, 7) is 3.48. The number of nitrogens with one attached hydrogen (secondary N) is 1. The molecule has 2 amide bonds. The number of carbonyl (C=O) groups is 1. The van der Waals surface area contributed by atoms with Crippen molar-refractivity contribution in [2.24, 2.45) is 5.92 Å². The highest BCUT2D eigenvalue weighted by Gasteiger charge is 2.54. The first-order valence-corrected chi connectivity index (χ1v) is 13.4. The molecule has 190 valence electrons. The molecule has 1 heterocycles. The molecule has 0 aromatic heterocycles. The Morgan fingerprint density at radius 1 is 1.06 bits per heavy atom. The van der Waals surface area contributed by atoms with Crippen molar-refractivity contribution in [1.29, 1.82) is 5.26 Å². The molecule has 2 aliphatic carbocycles. The number of ether oxygens (including phenoxy) is 1. The van der Waals surface area contributed by atoms with Crippen molar-refractivity contribution in [3.05, 3.63) is 65.7 Å². The topological polar surface area (TPSA) is 68.6 Å². The van der Waals surface area contributed by atoms with Crippen LogP contribution in [-0.2, 0) is 12.0 Å². The molecule has 6 nitrogen and oxygen atoms in total. The van der Waals surface area contributed by atoms with Crippen molar-refractivity contribution in [1.82, 2.24) is 15.1 Å². The zero-order valence-corrected chi connectivity index (χ0v) is 21.4. The van der Waals surface area contributed by atoms with Crippen LogP contribution in [0.15, 0.2) is 54.6 Å². The number of nitrogens with zero attached hydrogens (tertiary/aromatic N) is 3. The third kappa shape index (κ3) is 4.82. The number of nitriles is 1. The van der Waals surface area contributed by atoms with Crippen LogP contribution in [0.3, 0.4) is 0 Å². The number of methoxy groups -OCH3 is 1. The molecule has 1 spiro atoms. The molecule has 2 saturated carbocycles. The molecule has 3 fully saturated rings. The van der Waals surface area contributed by atoms with Crippen LogP contribution in [-0.4, -0.2) is 54.7 Å². The second-order valence-corrected chi connectivity index (χ2v) is 11.0. The summed E-state index contributed by atoms with van der Waals surface area (Å²) in [4.78, 5) is 18.1. The van der Waals surface area contributed by atoms with Crippen LogP contribution < -0.4 is 10.1 Å². The summed E-state index contributed by atoms with van der Waals surface area (Å²) >= 11 is 0. The molecule has 0 unspecified atom stereocenters. The maximum Gasteiger partial charge on any atom is 0.320 e. The molecular formula is C30H38N4O2. The van der Waals surface area contributed by atoms with Crippen LogP contribution in [0.4, 0.5) is 4.79 Å². The molecule has 2 aromatic rings. The van der Waals surface area contributed by atoms with Crippen molar-refractivity contribution in [2.45, 2.75) is 62.4 Å². The van der Waals surface area contributed by atoms with Crippen LogP contribution in [0, 0.1) is 17.2 Å². The van der Waals surface area contributed by atoms with E-state index in [-0.39, 0.29) is 17.0 Å². The number of carbonyl (C=O) groups excluding carboxylic acids is 1. The van der Waals surface area contributed by atoms with Gasteiger partial charge in [0.25, 0.3) is 0 Å². The molecular weight excluding hydrogens is 448 g/mol. The lowest BCUT2D eigenvalue weighted by Gasteiger charge is -2.49. The lowest BCUT2D eigenvalue weighted by Crippen LogP contribution is -2.55. The average molecular weight is 487 g/mol. The molecule has 0 bridgehead atoms. The normalized spacial score (nSPS) is 26.2. The van der Waals surface area contributed by atoms with Crippen LogP contribution in [0.2, 0.25) is 0 Å². The first kappa shape index (κ1) is 24.6. The lowest BCUT2D eigenvalue weighted by molar-refractivity contribution is 0.0651. The van der Waals surface area contributed by atoms with E-state index in [1.54, 1.807) is 7.11 Å². The zero-order valence-electron chi connectivity index (χ0n) is 21.4. The van der Waals surface area contributed by atoms with E-state index in [4.69, 9.17) is 10.00 Å². The minimum atomic E-state index is -0.105. The third-order valence-corrected chi connectivity index (χ3v) is 8.95. The summed E-state index contributed by atoms with van der Waals surface area (Å²) in [6.07, 6.45) is 7.79. The Labute approximate surface area is 215 Å². The maximum absolute atomic E-state index is 13.8. The third-order valence-electron chi connectivity index (χ3n) is 8.95. The van der Waals surface area contributed by atoms with Gasteiger partial charge in [-0.3, -0.25) is 0 Å². The minimum Gasteiger partial charge on any atom is -0.497 e. The maximum atomic E-state index is 13.8. The molecule has 0 radical (unpaired) electrons. The summed E-state index contributed by atoms with van der Waals surface area (Å²) < 4.78 is 5.31. The Bertz CT molecular complexity index is 1070. The van der Waals surface area contributed by atoms with Crippen molar-refractivity contribution < 1.29 is 9.53 Å². The van der Waals surface area contributed by atoms with Gasteiger partial charge in [-0.15, -0.1) is 0 Å². The Kier molecular flexibility index (Phi) is 7.20. The highest BCUT2D eigenvalue weighted by Crippen LogP contribution is 2.49. The molecule has 1 aliphatic heterocycles. The van der Waals surface area contributed by atoms with Gasteiger partial charge in [-0.25, -0.2) is 4.79 Å². The standard InChI is InChI=1S/C30H38N4O2/c1-36-27-12-10-25(11-13-27)20-33-23-30(34(28(33)35)21-24-6-5-7-24)16-14-29(15-17-30,22-32-19-18-31)26-8-3-2-4-9-26/h2-4,8-13,24,32H,5-7,14-17,19-23H2,1H3. The molecule has 6 heteroatoms. The lowest BCUT2D eigenvalue weighted by atomic mass is 9.63. The monoisotopic (exact) mass is 486 g/mol. The fourth-order valence-corrected chi connectivity index (χ4v) is 6.50. The summed E-state index contributed by atoms with van der Waals surface area (Å²) in [6, 6.07) is 21.3. The van der Waals surface area contributed by atoms with E-state index in [2.05, 4.69) is 63.7 Å². The Morgan fingerprint density at radius 2 is 1.78 bits per heavy atom. The molecule has 5 rings (SSSR count). The van der Waals surface area contributed by atoms with E-state index in [1.807, 2.05) is 12.1 Å². The van der Waals surface area contributed by atoms with E-state index in [1.165, 1.54) is 24.8 Å². The Balaban J connectivity index is 1.37. The Morgan fingerprint density at radius 3 is 2.39 bits per heavy atom. The van der Waals surface area contributed by atoms with Gasteiger partial charge >= 0.3 is 6.03 Å². The smallest absolute Gasteiger partial charge is 0.320 e. The quantitative estimate of drug-likeness (QED) is 0.396. The molecule has 1 saturated heterocycles. The molecule has 2 aromatic carbocycles. The van der Waals surface area contributed by atoms with Gasteiger partial charge < -0.3 is 19.9 Å². The number of benzene rings is 2. The number of amides is 2. The summed E-state index contributed by atoms with van der Waals surface area (Å²) in [7, 11) is 1.68. The van der Waals surface area contributed by atoms with Crippen LogP contribution >= 0.6 is 0 Å². The number of urea groups is 1. The second kappa shape index (κ2) is 10.5. The van der Waals surface area contributed by atoms with E-state index in [0.29, 0.717) is 19.0 Å². The van der Waals surface area contributed by atoms with E-state index in [9.17, 15) is 4.79 Å². The molecule has 1 N–H and O–H groups in total. The van der Waals surface area contributed by atoms with Crippen molar-refractivity contribution >= 4 is 6.03 Å². The highest BCUT2D eigenvalue weighted by molar-refractivity contribution is 5.78. The van der Waals surface area contributed by atoms with Gasteiger partial charge in [0.1, 0.15) is 5.75 Å². The number of hydrogen-bond acceptors (Lipinski definition) is 4. The van der Waals surface area contributed by atoms with E-state index < -0.39 is 0 Å². The van der Waals surface area contributed by atoms with Gasteiger partial charge in [0.15, 0.2) is 0 Å². The SMILES string of the molecule is COc1ccc(CN2CC3(CCC(CNCC#N)(c4ccccc4)CC3)N(CC3CCC3)C2=O)cc1. The fraction of sp³-hybridized carbons (Fsp3) is 0.533. The van der Waals surface area contributed by atoms with Crippen LogP contribution in [0.5, 0.6) is 5.75 Å². The van der Waals surface area contributed by atoms with Gasteiger partial charge in [-0.05, 0) is 67.7 Å². The second-order valence-electron chi connectivity index (χ2n) is 11.0. The number of hydrogen-bond donors (Lipinski definition) is 1. The van der Waals surface area contributed by atoms with Crippen molar-refractivity contribution in [2.75, 3.05) is 33.3 Å². The first-order valence-electron chi connectivity index (χ1n) is 13.4. The predicted molar refractivity (Wildman–Crippen MR) is 141 cm³/mol. The largest absolute Gasteiger partial charge is 0.497 e. The summed E-state index contributed by atoms with van der Waals surface area (Å²) in [5.74, 6) is 1.48. The summed E-state index contributed by atoms with van der Waals surface area (Å²) in [5.41, 5.74) is 2.38. The average Bonchev–Trinajstić information content (AvgIpc) is 3.14. The van der Waals surface area contributed by atoms with Gasteiger partial charge in [0.2, 0.25) is 0 Å². The van der Waals surface area contributed by atoms with Crippen molar-refractivity contribution in [3.63, 3.8) is 0 Å². The van der Waals surface area contributed by atoms with Crippen LogP contribution in [0.1, 0.15) is 56.1 Å².